The maximum atomic E-state index is 5.90. The molecule has 2 atom stereocenters. The Morgan fingerprint density at radius 1 is 0.481 bits per heavy atom. The Labute approximate surface area is 318 Å². The number of allylic oxidation sites excluding steroid dienone is 5. The second-order valence-electron chi connectivity index (χ2n) is 15.4. The molecule has 0 fully saturated rings. The Bertz CT molecular complexity index is 1770. The lowest BCUT2D eigenvalue weighted by molar-refractivity contribution is 0.621. The average molecular weight is 705 g/mol. The number of fused-ring (bicyclic) bond motifs is 6. The molecule has 3 aliphatic heterocycles. The lowest BCUT2D eigenvalue weighted by Gasteiger charge is -2.21. The highest BCUT2D eigenvalue weighted by Gasteiger charge is 2.37. The van der Waals surface area contributed by atoms with Gasteiger partial charge in [-0.25, -0.2) is 0 Å². The van der Waals surface area contributed by atoms with Crippen LogP contribution in [0.3, 0.4) is 0 Å². The van der Waals surface area contributed by atoms with Crippen LogP contribution < -0.4 is 0 Å². The minimum atomic E-state index is 0.210. The molecule has 5 rings (SSSR count). The van der Waals surface area contributed by atoms with Crippen LogP contribution in [0.4, 0.5) is 0 Å². The zero-order chi connectivity index (χ0) is 37.5. The van der Waals surface area contributed by atoms with Crippen LogP contribution in [-0.4, -0.2) is 21.4 Å². The van der Waals surface area contributed by atoms with E-state index in [1.165, 1.54) is 129 Å². The largest absolute Gasteiger partial charge is 0.358 e. The van der Waals surface area contributed by atoms with Crippen molar-refractivity contribution in [2.45, 2.75) is 191 Å². The van der Waals surface area contributed by atoms with Crippen molar-refractivity contribution in [3.8, 4) is 0 Å². The monoisotopic (exact) mass is 705 g/mol. The lowest BCUT2D eigenvalue weighted by Crippen LogP contribution is -2.25. The van der Waals surface area contributed by atoms with Crippen LogP contribution in [-0.2, 0) is 25.7 Å². The molecule has 2 aromatic rings. The summed E-state index contributed by atoms with van der Waals surface area (Å²) in [7, 11) is 0. The number of aliphatic imine (C=N–C) groups is 2. The van der Waals surface area contributed by atoms with Gasteiger partial charge in [-0.2, -0.15) is 0 Å². The van der Waals surface area contributed by atoms with Crippen molar-refractivity contribution in [3.63, 3.8) is 0 Å². The van der Waals surface area contributed by atoms with Gasteiger partial charge >= 0.3 is 0 Å². The quantitative estimate of drug-likeness (QED) is 0.165. The van der Waals surface area contributed by atoms with Crippen molar-refractivity contribution < 1.29 is 0 Å². The fourth-order valence-electron chi connectivity index (χ4n) is 9.94. The summed E-state index contributed by atoms with van der Waals surface area (Å²) < 4.78 is 0. The third-order valence-corrected chi connectivity index (χ3v) is 12.5. The normalized spacial score (nSPS) is 21.3. The van der Waals surface area contributed by atoms with Gasteiger partial charge in [0.2, 0.25) is 0 Å². The van der Waals surface area contributed by atoms with Gasteiger partial charge in [-0.05, 0) is 128 Å². The molecule has 0 unspecified atom stereocenters. The molecule has 4 nitrogen and oxygen atoms in total. The molecule has 0 amide bonds. The summed E-state index contributed by atoms with van der Waals surface area (Å²) in [6, 6.07) is 0. The summed E-state index contributed by atoms with van der Waals surface area (Å²) in [6.45, 7) is 25.9. The van der Waals surface area contributed by atoms with E-state index in [1.807, 2.05) is 0 Å². The third-order valence-electron chi connectivity index (χ3n) is 12.5. The molecule has 0 spiro atoms. The molecular formula is C48H72N4. The van der Waals surface area contributed by atoms with Crippen molar-refractivity contribution in [1.29, 1.82) is 0 Å². The number of hydrogen-bond acceptors (Lipinski definition) is 2. The van der Waals surface area contributed by atoms with Crippen molar-refractivity contribution in [2.24, 2.45) is 15.9 Å². The highest BCUT2D eigenvalue weighted by Crippen LogP contribution is 2.46. The number of rotatable bonds is 17. The minimum absolute atomic E-state index is 0.210. The second kappa shape index (κ2) is 18.3. The molecule has 3 aliphatic rings. The summed E-state index contributed by atoms with van der Waals surface area (Å²) in [5, 5.41) is 0. The van der Waals surface area contributed by atoms with E-state index in [0.29, 0.717) is 5.92 Å². The average Bonchev–Trinajstić information content (AvgIpc) is 3.91. The van der Waals surface area contributed by atoms with Gasteiger partial charge in [-0.15, -0.1) is 0 Å². The van der Waals surface area contributed by atoms with E-state index in [0.717, 1.165) is 70.6 Å². The number of aromatic amines is 2. The molecule has 0 saturated heterocycles. The first kappa shape index (κ1) is 40.1. The summed E-state index contributed by atoms with van der Waals surface area (Å²) in [6.07, 6.45) is 21.0. The van der Waals surface area contributed by atoms with Crippen LogP contribution in [0.2, 0.25) is 0 Å². The summed E-state index contributed by atoms with van der Waals surface area (Å²) in [4.78, 5) is 20.1. The van der Waals surface area contributed by atoms with Crippen molar-refractivity contribution in [3.05, 3.63) is 78.7 Å². The van der Waals surface area contributed by atoms with E-state index < -0.39 is 0 Å². The second-order valence-corrected chi connectivity index (χ2v) is 15.4. The first-order valence-corrected chi connectivity index (χ1v) is 21.9. The van der Waals surface area contributed by atoms with Crippen LogP contribution in [0.1, 0.15) is 211 Å². The van der Waals surface area contributed by atoms with Gasteiger partial charge in [-0.3, -0.25) is 9.98 Å². The molecule has 2 aromatic heterocycles. The van der Waals surface area contributed by atoms with Gasteiger partial charge in [0.05, 0.1) is 22.8 Å². The Kier molecular flexibility index (Phi) is 14.1. The number of nitrogens with zero attached hydrogens (tertiary/aromatic N) is 2. The molecule has 5 heterocycles. The number of hydrogen-bond donors (Lipinski definition) is 2. The Morgan fingerprint density at radius 2 is 1.00 bits per heavy atom. The van der Waals surface area contributed by atoms with Gasteiger partial charge in [0.25, 0.3) is 0 Å². The maximum absolute atomic E-state index is 5.90. The number of H-pyrrole nitrogens is 2. The van der Waals surface area contributed by atoms with E-state index in [9.17, 15) is 0 Å². The van der Waals surface area contributed by atoms with Crippen LogP contribution in [0, 0.1) is 5.92 Å². The van der Waals surface area contributed by atoms with Crippen LogP contribution >= 0.6 is 0 Å². The van der Waals surface area contributed by atoms with Gasteiger partial charge in [0.15, 0.2) is 0 Å². The first-order valence-electron chi connectivity index (χ1n) is 21.9. The summed E-state index contributed by atoms with van der Waals surface area (Å²) in [5.74, 6) is 0.511. The number of unbranched alkanes of at least 4 members (excludes halogenated alkanes) is 3. The standard InChI is InChI=1S/C48H72N4/c1-12-23-26-38-43-32(17-6)30(15-4)41(49-43)29-42-31(16-5)33(18-7)44(50-42)39(27-24-13-2)46-35(20-9)37(22-11)48(52-46)40(28-25-14-3)47-36(21-10)34(19-8)45(38)51-47/h29,38-39,49,51H,12-28H2,1-11H3/b42-29-,48-40-/t38-,39+/m0/s1. The fraction of sp³-hybridized carbons (Fsp3) is 0.625. The molecule has 4 heteroatoms. The van der Waals surface area contributed by atoms with E-state index in [-0.39, 0.29) is 5.92 Å². The number of aromatic nitrogens is 2. The fourth-order valence-corrected chi connectivity index (χ4v) is 9.94. The Morgan fingerprint density at radius 3 is 1.56 bits per heavy atom. The predicted molar refractivity (Wildman–Crippen MR) is 228 cm³/mol. The molecule has 0 aromatic carbocycles. The molecular weight excluding hydrogens is 633 g/mol. The van der Waals surface area contributed by atoms with Crippen molar-refractivity contribution in [1.82, 2.24) is 9.97 Å². The zero-order valence-corrected chi connectivity index (χ0v) is 35.1. The summed E-state index contributed by atoms with van der Waals surface area (Å²) >= 11 is 0. The number of nitrogens with one attached hydrogen (secondary N) is 2. The highest BCUT2D eigenvalue weighted by molar-refractivity contribution is 6.23. The van der Waals surface area contributed by atoms with Gasteiger partial charge in [0, 0.05) is 40.2 Å². The summed E-state index contributed by atoms with van der Waals surface area (Å²) in [5.41, 5.74) is 24.0. The Hall–Kier alpha value is -3.14. The highest BCUT2D eigenvalue weighted by atomic mass is 14.9. The van der Waals surface area contributed by atoms with Gasteiger partial charge < -0.3 is 9.97 Å². The Balaban J connectivity index is 2.00. The lowest BCUT2D eigenvalue weighted by atomic mass is 9.82. The first-order chi connectivity index (χ1) is 25.4. The van der Waals surface area contributed by atoms with Crippen molar-refractivity contribution >= 4 is 23.1 Å². The molecule has 8 bridgehead atoms. The third kappa shape index (κ3) is 7.22. The van der Waals surface area contributed by atoms with E-state index in [2.05, 4.69) is 92.2 Å². The smallest absolute Gasteiger partial charge is 0.0721 e. The van der Waals surface area contributed by atoms with Crippen LogP contribution in [0.5, 0.6) is 0 Å². The van der Waals surface area contributed by atoms with Gasteiger partial charge in [-0.1, -0.05) is 108 Å². The van der Waals surface area contributed by atoms with Crippen LogP contribution in [0.25, 0.3) is 11.6 Å². The van der Waals surface area contributed by atoms with E-state index >= 15 is 0 Å². The van der Waals surface area contributed by atoms with Crippen LogP contribution in [0.15, 0.2) is 43.7 Å². The van der Waals surface area contributed by atoms with Gasteiger partial charge in [0.1, 0.15) is 0 Å². The molecule has 2 N–H and O–H groups in total. The minimum Gasteiger partial charge on any atom is -0.358 e. The maximum Gasteiger partial charge on any atom is 0.0721 e. The predicted octanol–water partition coefficient (Wildman–Crippen LogP) is 14.1. The molecule has 0 radical (unpaired) electrons. The van der Waals surface area contributed by atoms with Crippen molar-refractivity contribution in [2.75, 3.05) is 0 Å². The van der Waals surface area contributed by atoms with E-state index in [1.54, 1.807) is 5.56 Å². The molecule has 52 heavy (non-hydrogen) atoms. The topological polar surface area (TPSA) is 56.3 Å². The molecule has 0 aliphatic carbocycles. The SMILES string of the molecule is CCCC/C1=C2/N=C(C(CC)=C2CC)[C@H](CCCC)C2=N/C(=C\c3[nH]c(c(CC)c3CC)[C@H](CCCC)c3[nH]c1c(CC)c3CC)C(CC)=C2CC. The zero-order valence-electron chi connectivity index (χ0n) is 35.1. The molecule has 0 saturated carbocycles. The molecule has 284 valence electrons. The van der Waals surface area contributed by atoms with E-state index in [4.69, 9.17) is 9.98 Å².